The van der Waals surface area contributed by atoms with Gasteiger partial charge >= 0.3 is 0 Å². The monoisotopic (exact) mass is 310 g/mol. The Bertz CT molecular complexity index is 636. The SMILES string of the molecule is Cc1ccc(Oc2cc(Cl)nnc2Cl)c(C(C)(C)C)c1. The minimum atomic E-state index is -0.0436. The van der Waals surface area contributed by atoms with Crippen LogP contribution in [0.4, 0.5) is 0 Å². The van der Waals surface area contributed by atoms with Gasteiger partial charge in [0.15, 0.2) is 16.1 Å². The number of hydrogen-bond donors (Lipinski definition) is 0. The average molecular weight is 311 g/mol. The molecular weight excluding hydrogens is 295 g/mol. The molecule has 0 amide bonds. The van der Waals surface area contributed by atoms with Crippen molar-refractivity contribution in [2.24, 2.45) is 0 Å². The maximum atomic E-state index is 5.99. The third kappa shape index (κ3) is 3.41. The predicted molar refractivity (Wildman–Crippen MR) is 82.0 cm³/mol. The van der Waals surface area contributed by atoms with E-state index in [0.29, 0.717) is 5.75 Å². The van der Waals surface area contributed by atoms with Crippen molar-refractivity contribution in [1.82, 2.24) is 10.2 Å². The Morgan fingerprint density at radius 1 is 1.00 bits per heavy atom. The van der Waals surface area contributed by atoms with E-state index in [1.807, 2.05) is 12.1 Å². The molecule has 0 N–H and O–H groups in total. The lowest BCUT2D eigenvalue weighted by Gasteiger charge is -2.23. The van der Waals surface area contributed by atoms with E-state index < -0.39 is 0 Å². The second kappa shape index (κ2) is 5.58. The first-order valence-corrected chi connectivity index (χ1v) is 7.00. The molecular formula is C15H16Cl2N2O. The molecule has 106 valence electrons. The first-order chi connectivity index (χ1) is 9.27. The minimum Gasteiger partial charge on any atom is -0.454 e. The molecule has 0 aliphatic carbocycles. The van der Waals surface area contributed by atoms with Crippen LogP contribution in [-0.2, 0) is 5.41 Å². The summed E-state index contributed by atoms with van der Waals surface area (Å²) in [6.45, 7) is 8.45. The van der Waals surface area contributed by atoms with Crippen molar-refractivity contribution in [2.75, 3.05) is 0 Å². The standard InChI is InChI=1S/C15H16Cl2N2O/c1-9-5-6-11(10(7-9)15(2,3)4)20-12-8-13(16)18-19-14(12)17/h5-8H,1-4H3. The Morgan fingerprint density at radius 2 is 1.70 bits per heavy atom. The highest BCUT2D eigenvalue weighted by atomic mass is 35.5. The Morgan fingerprint density at radius 3 is 2.35 bits per heavy atom. The van der Waals surface area contributed by atoms with Crippen LogP contribution < -0.4 is 4.74 Å². The molecule has 0 radical (unpaired) electrons. The average Bonchev–Trinajstić information content (AvgIpc) is 2.34. The highest BCUT2D eigenvalue weighted by Gasteiger charge is 2.20. The van der Waals surface area contributed by atoms with Crippen LogP contribution in [0, 0.1) is 6.92 Å². The summed E-state index contributed by atoms with van der Waals surface area (Å²) in [6.07, 6.45) is 0. The molecule has 5 heteroatoms. The summed E-state index contributed by atoms with van der Waals surface area (Å²) in [6, 6.07) is 7.60. The number of benzene rings is 1. The van der Waals surface area contributed by atoms with Gasteiger partial charge in [-0.05, 0) is 18.4 Å². The molecule has 3 nitrogen and oxygen atoms in total. The van der Waals surface area contributed by atoms with Crippen molar-refractivity contribution >= 4 is 23.2 Å². The number of halogens is 2. The fourth-order valence-electron chi connectivity index (χ4n) is 1.85. The van der Waals surface area contributed by atoms with Crippen molar-refractivity contribution in [3.05, 3.63) is 45.7 Å². The van der Waals surface area contributed by atoms with Crippen LogP contribution in [-0.4, -0.2) is 10.2 Å². The van der Waals surface area contributed by atoms with Gasteiger partial charge < -0.3 is 4.74 Å². The molecule has 0 atom stereocenters. The van der Waals surface area contributed by atoms with E-state index in [4.69, 9.17) is 27.9 Å². The molecule has 2 aromatic rings. The summed E-state index contributed by atoms with van der Waals surface area (Å²) < 4.78 is 5.88. The van der Waals surface area contributed by atoms with Gasteiger partial charge in [-0.1, -0.05) is 61.7 Å². The Kier molecular flexibility index (Phi) is 4.21. The highest BCUT2D eigenvalue weighted by Crippen LogP contribution is 2.36. The summed E-state index contributed by atoms with van der Waals surface area (Å²) in [5, 5.41) is 7.85. The quantitative estimate of drug-likeness (QED) is 0.766. The summed E-state index contributed by atoms with van der Waals surface area (Å²) >= 11 is 11.8. The number of aromatic nitrogens is 2. The van der Waals surface area contributed by atoms with Gasteiger partial charge in [0, 0.05) is 11.6 Å². The largest absolute Gasteiger partial charge is 0.454 e. The van der Waals surface area contributed by atoms with Gasteiger partial charge in [-0.15, -0.1) is 10.2 Å². The molecule has 1 heterocycles. The Labute approximate surface area is 128 Å². The van der Waals surface area contributed by atoms with Gasteiger partial charge in [-0.25, -0.2) is 0 Å². The summed E-state index contributed by atoms with van der Waals surface area (Å²) in [7, 11) is 0. The molecule has 0 bridgehead atoms. The van der Waals surface area contributed by atoms with Crippen molar-refractivity contribution in [3.63, 3.8) is 0 Å². The maximum Gasteiger partial charge on any atom is 0.194 e. The zero-order chi connectivity index (χ0) is 14.9. The zero-order valence-electron chi connectivity index (χ0n) is 11.9. The van der Waals surface area contributed by atoms with E-state index in [1.54, 1.807) is 6.07 Å². The minimum absolute atomic E-state index is 0.0436. The van der Waals surface area contributed by atoms with E-state index in [1.165, 1.54) is 5.56 Å². The van der Waals surface area contributed by atoms with Crippen molar-refractivity contribution < 1.29 is 4.74 Å². The van der Waals surface area contributed by atoms with Crippen LogP contribution in [0.15, 0.2) is 24.3 Å². The molecule has 1 aromatic heterocycles. The summed E-state index contributed by atoms with van der Waals surface area (Å²) in [5.41, 5.74) is 2.23. The van der Waals surface area contributed by atoms with Crippen LogP contribution in [0.5, 0.6) is 11.5 Å². The molecule has 0 unspecified atom stereocenters. The highest BCUT2D eigenvalue weighted by molar-refractivity contribution is 6.32. The predicted octanol–water partition coefficient (Wildman–Crippen LogP) is 5.18. The van der Waals surface area contributed by atoms with Gasteiger partial charge in [0.25, 0.3) is 0 Å². The van der Waals surface area contributed by atoms with Crippen LogP contribution in [0.1, 0.15) is 31.9 Å². The number of nitrogens with zero attached hydrogens (tertiary/aromatic N) is 2. The van der Waals surface area contributed by atoms with Gasteiger partial charge in [-0.2, -0.15) is 0 Å². The third-order valence-corrected chi connectivity index (χ3v) is 3.30. The van der Waals surface area contributed by atoms with Crippen molar-refractivity contribution in [3.8, 4) is 11.5 Å². The number of aryl methyl sites for hydroxylation is 1. The first-order valence-electron chi connectivity index (χ1n) is 6.25. The van der Waals surface area contributed by atoms with Gasteiger partial charge in [0.05, 0.1) is 0 Å². The van der Waals surface area contributed by atoms with E-state index in [2.05, 4.69) is 44.0 Å². The van der Waals surface area contributed by atoms with Crippen LogP contribution in [0.25, 0.3) is 0 Å². The van der Waals surface area contributed by atoms with Crippen molar-refractivity contribution in [2.45, 2.75) is 33.1 Å². The molecule has 0 aliphatic rings. The van der Waals surface area contributed by atoms with Gasteiger partial charge in [-0.3, -0.25) is 0 Å². The molecule has 20 heavy (non-hydrogen) atoms. The molecule has 0 saturated carbocycles. The molecule has 2 rings (SSSR count). The van der Waals surface area contributed by atoms with Crippen LogP contribution in [0.2, 0.25) is 10.3 Å². The number of rotatable bonds is 2. The summed E-state index contributed by atoms with van der Waals surface area (Å²) in [4.78, 5) is 0. The normalized spacial score (nSPS) is 11.5. The number of hydrogen-bond acceptors (Lipinski definition) is 3. The lowest BCUT2D eigenvalue weighted by molar-refractivity contribution is 0.452. The molecule has 0 fully saturated rings. The van der Waals surface area contributed by atoms with Crippen LogP contribution in [0.3, 0.4) is 0 Å². The smallest absolute Gasteiger partial charge is 0.194 e. The third-order valence-electron chi connectivity index (χ3n) is 2.85. The molecule has 1 aromatic carbocycles. The molecule has 0 spiro atoms. The van der Waals surface area contributed by atoms with E-state index >= 15 is 0 Å². The Balaban J connectivity index is 2.46. The fraction of sp³-hybridized carbons (Fsp3) is 0.333. The van der Waals surface area contributed by atoms with Crippen molar-refractivity contribution in [1.29, 1.82) is 0 Å². The second-order valence-electron chi connectivity index (χ2n) is 5.67. The fourth-order valence-corrected chi connectivity index (χ4v) is 2.11. The summed E-state index contributed by atoms with van der Waals surface area (Å²) in [5.74, 6) is 1.15. The number of ether oxygens (including phenoxy) is 1. The van der Waals surface area contributed by atoms with Gasteiger partial charge in [0.1, 0.15) is 5.75 Å². The second-order valence-corrected chi connectivity index (χ2v) is 6.42. The van der Waals surface area contributed by atoms with Crippen LogP contribution >= 0.6 is 23.2 Å². The molecule has 0 saturated heterocycles. The van der Waals surface area contributed by atoms with E-state index in [9.17, 15) is 0 Å². The Hall–Kier alpha value is -1.32. The van der Waals surface area contributed by atoms with Gasteiger partial charge in [0.2, 0.25) is 0 Å². The topological polar surface area (TPSA) is 35.0 Å². The van der Waals surface area contributed by atoms with E-state index in [-0.39, 0.29) is 15.7 Å². The maximum absolute atomic E-state index is 5.99. The lowest BCUT2D eigenvalue weighted by atomic mass is 9.85. The van der Waals surface area contributed by atoms with E-state index in [0.717, 1.165) is 11.3 Å². The first kappa shape index (κ1) is 15.1. The zero-order valence-corrected chi connectivity index (χ0v) is 13.4. The molecule has 0 aliphatic heterocycles. The lowest BCUT2D eigenvalue weighted by Crippen LogP contribution is -2.13.